The van der Waals surface area contributed by atoms with Crippen molar-refractivity contribution >= 4 is 32.6 Å². The monoisotopic (exact) mass is 348 g/mol. The van der Waals surface area contributed by atoms with Crippen LogP contribution < -0.4 is 19.5 Å². The molecule has 0 bridgehead atoms. The predicted molar refractivity (Wildman–Crippen MR) is 90.4 cm³/mol. The molecule has 0 aliphatic rings. The molecule has 2 heterocycles. The first-order valence-electron chi connectivity index (χ1n) is 6.97. The molecule has 0 atom stereocenters. The molecule has 0 aliphatic heterocycles. The molecular weight excluding hydrogens is 332 g/mol. The van der Waals surface area contributed by atoms with E-state index < -0.39 is 0 Å². The van der Waals surface area contributed by atoms with Gasteiger partial charge in [0.25, 0.3) is 5.91 Å². The van der Waals surface area contributed by atoms with E-state index in [0.717, 1.165) is 4.70 Å². The summed E-state index contributed by atoms with van der Waals surface area (Å²) in [6, 6.07) is 3.59. The fourth-order valence-corrected chi connectivity index (χ4v) is 3.12. The Bertz CT molecular complexity index is 861. The average Bonchev–Trinajstić information content (AvgIpc) is 3.15. The number of benzene rings is 1. The molecule has 1 aromatic carbocycles. The van der Waals surface area contributed by atoms with Gasteiger partial charge in [-0.2, -0.15) is 0 Å². The van der Waals surface area contributed by atoms with E-state index in [2.05, 4.69) is 15.4 Å². The summed E-state index contributed by atoms with van der Waals surface area (Å²) in [5.74, 6) is 1.12. The number of thiazole rings is 1. The van der Waals surface area contributed by atoms with E-state index >= 15 is 0 Å². The van der Waals surface area contributed by atoms with Gasteiger partial charge in [0.15, 0.2) is 16.6 Å². The molecule has 0 radical (unpaired) electrons. The van der Waals surface area contributed by atoms with E-state index in [1.807, 2.05) is 6.07 Å². The minimum atomic E-state index is -0.335. The maximum Gasteiger partial charge on any atom is 0.264 e. The quantitative estimate of drug-likeness (QED) is 0.761. The molecule has 3 rings (SSSR count). The molecule has 2 aromatic heterocycles. The zero-order chi connectivity index (χ0) is 17.3. The number of carbonyl (C=O) groups is 1. The van der Waals surface area contributed by atoms with Gasteiger partial charge in [-0.1, -0.05) is 11.3 Å². The summed E-state index contributed by atoms with van der Waals surface area (Å²) in [4.78, 5) is 16.8. The van der Waals surface area contributed by atoms with Gasteiger partial charge >= 0.3 is 0 Å². The number of nitrogens with zero attached hydrogens (tertiary/aromatic N) is 3. The van der Waals surface area contributed by atoms with E-state index in [1.165, 1.54) is 23.1 Å². The Kier molecular flexibility index (Phi) is 4.26. The zero-order valence-electron chi connectivity index (χ0n) is 13.6. The highest BCUT2D eigenvalue weighted by Crippen LogP contribution is 2.36. The van der Waals surface area contributed by atoms with Crippen molar-refractivity contribution in [3.05, 3.63) is 23.9 Å². The largest absolute Gasteiger partial charge is 0.493 e. The second kappa shape index (κ2) is 6.36. The summed E-state index contributed by atoms with van der Waals surface area (Å²) in [5, 5.41) is 7.30. The topological polar surface area (TPSA) is 87.5 Å². The van der Waals surface area contributed by atoms with Gasteiger partial charge in [0.2, 0.25) is 5.88 Å². The molecule has 9 heteroatoms. The zero-order valence-corrected chi connectivity index (χ0v) is 14.4. The summed E-state index contributed by atoms with van der Waals surface area (Å²) in [7, 11) is 6.32. The van der Waals surface area contributed by atoms with Gasteiger partial charge in [0.05, 0.1) is 31.5 Å². The lowest BCUT2D eigenvalue weighted by Gasteiger charge is -2.05. The molecule has 24 heavy (non-hydrogen) atoms. The first-order valence-corrected chi connectivity index (χ1v) is 7.79. The third kappa shape index (κ3) is 2.85. The summed E-state index contributed by atoms with van der Waals surface area (Å²) in [6.07, 6.45) is 1.59. The average molecular weight is 348 g/mol. The van der Waals surface area contributed by atoms with Crippen LogP contribution >= 0.6 is 11.3 Å². The highest BCUT2D eigenvalue weighted by molar-refractivity contribution is 7.22. The van der Waals surface area contributed by atoms with Crippen molar-refractivity contribution in [2.24, 2.45) is 7.05 Å². The van der Waals surface area contributed by atoms with E-state index in [-0.39, 0.29) is 11.8 Å². The number of nitrogens with one attached hydrogen (secondary N) is 1. The van der Waals surface area contributed by atoms with Crippen molar-refractivity contribution in [3.8, 4) is 17.4 Å². The number of hydrogen-bond acceptors (Lipinski definition) is 7. The van der Waals surface area contributed by atoms with Crippen LogP contribution in [0.5, 0.6) is 17.4 Å². The first kappa shape index (κ1) is 16.1. The second-order valence-corrected chi connectivity index (χ2v) is 5.90. The van der Waals surface area contributed by atoms with Gasteiger partial charge in [0.1, 0.15) is 5.56 Å². The Morgan fingerprint density at radius 1 is 1.17 bits per heavy atom. The number of amides is 1. The third-order valence-electron chi connectivity index (χ3n) is 3.35. The van der Waals surface area contributed by atoms with Gasteiger partial charge in [-0.3, -0.25) is 14.8 Å². The van der Waals surface area contributed by atoms with Crippen LogP contribution in [0.4, 0.5) is 5.13 Å². The lowest BCUT2D eigenvalue weighted by molar-refractivity contribution is 0.102. The molecule has 1 N–H and O–H groups in total. The van der Waals surface area contributed by atoms with Crippen LogP contribution in [0.3, 0.4) is 0 Å². The molecule has 0 saturated heterocycles. The van der Waals surface area contributed by atoms with Crippen LogP contribution in [-0.2, 0) is 7.05 Å². The number of ether oxygens (including phenoxy) is 3. The molecule has 0 fully saturated rings. The lowest BCUT2D eigenvalue weighted by Crippen LogP contribution is -2.12. The fourth-order valence-electron chi connectivity index (χ4n) is 2.25. The van der Waals surface area contributed by atoms with Crippen LogP contribution in [0.15, 0.2) is 18.3 Å². The molecular formula is C15H16N4O4S. The Balaban J connectivity index is 1.91. The van der Waals surface area contributed by atoms with Gasteiger partial charge in [-0.25, -0.2) is 4.98 Å². The smallest absolute Gasteiger partial charge is 0.264 e. The fraction of sp³-hybridized carbons (Fsp3) is 0.267. The molecule has 0 aliphatic carbocycles. The van der Waals surface area contributed by atoms with Crippen LogP contribution in [0.2, 0.25) is 0 Å². The molecule has 3 aromatic rings. The Morgan fingerprint density at radius 2 is 1.88 bits per heavy atom. The third-order valence-corrected chi connectivity index (χ3v) is 4.28. The molecule has 0 unspecified atom stereocenters. The maximum absolute atomic E-state index is 12.4. The Morgan fingerprint density at radius 3 is 2.54 bits per heavy atom. The maximum atomic E-state index is 12.4. The van der Waals surface area contributed by atoms with Gasteiger partial charge in [-0.15, -0.1) is 5.10 Å². The standard InChI is InChI=1S/C15H16N4O4S/c1-19-7-8(14(18-19)23-4)13(20)17-15-16-9-5-10(21-2)11(22-3)6-12(9)24-15/h5-7H,1-4H3,(H,16,17,20). The minimum Gasteiger partial charge on any atom is -0.493 e. The van der Waals surface area contributed by atoms with Crippen LogP contribution in [0.1, 0.15) is 10.4 Å². The molecule has 0 saturated carbocycles. The molecule has 1 amide bonds. The Hall–Kier alpha value is -2.81. The summed E-state index contributed by atoms with van der Waals surface area (Å²) in [5.41, 5.74) is 1.06. The van der Waals surface area contributed by atoms with Gasteiger partial charge in [-0.05, 0) is 0 Å². The van der Waals surface area contributed by atoms with Crippen molar-refractivity contribution in [2.75, 3.05) is 26.6 Å². The highest BCUT2D eigenvalue weighted by Gasteiger charge is 2.18. The summed E-state index contributed by atoms with van der Waals surface area (Å²) in [6.45, 7) is 0. The highest BCUT2D eigenvalue weighted by atomic mass is 32.1. The summed E-state index contributed by atoms with van der Waals surface area (Å²) < 4.78 is 18.0. The minimum absolute atomic E-state index is 0.263. The second-order valence-electron chi connectivity index (χ2n) is 4.87. The van der Waals surface area contributed by atoms with E-state index in [9.17, 15) is 4.79 Å². The molecule has 126 valence electrons. The van der Waals surface area contributed by atoms with Gasteiger partial charge in [0, 0.05) is 25.4 Å². The molecule has 0 spiro atoms. The number of carbonyl (C=O) groups excluding carboxylic acids is 1. The molecule has 8 nitrogen and oxygen atoms in total. The predicted octanol–water partition coefficient (Wildman–Crippen LogP) is 2.31. The van der Waals surface area contributed by atoms with Crippen LogP contribution in [0, 0.1) is 0 Å². The summed E-state index contributed by atoms with van der Waals surface area (Å²) >= 11 is 1.34. The number of rotatable bonds is 5. The normalized spacial score (nSPS) is 10.7. The van der Waals surface area contributed by atoms with E-state index in [1.54, 1.807) is 33.5 Å². The number of hydrogen-bond donors (Lipinski definition) is 1. The van der Waals surface area contributed by atoms with E-state index in [0.29, 0.717) is 27.7 Å². The van der Waals surface area contributed by atoms with E-state index in [4.69, 9.17) is 14.2 Å². The first-order chi connectivity index (χ1) is 11.5. The van der Waals surface area contributed by atoms with Crippen molar-refractivity contribution in [2.45, 2.75) is 0 Å². The lowest BCUT2D eigenvalue weighted by atomic mass is 10.3. The number of aryl methyl sites for hydroxylation is 1. The van der Waals surface area contributed by atoms with Crippen molar-refractivity contribution < 1.29 is 19.0 Å². The number of aromatic nitrogens is 3. The van der Waals surface area contributed by atoms with Gasteiger partial charge < -0.3 is 14.2 Å². The number of fused-ring (bicyclic) bond motifs is 1. The van der Waals surface area contributed by atoms with Crippen LogP contribution in [-0.4, -0.2) is 42.0 Å². The SMILES string of the molecule is COc1cc2nc(NC(=O)c3cn(C)nc3OC)sc2cc1OC. The van der Waals surface area contributed by atoms with Crippen LogP contribution in [0.25, 0.3) is 10.2 Å². The Labute approximate surface area is 142 Å². The number of methoxy groups -OCH3 is 3. The van der Waals surface area contributed by atoms with Crippen molar-refractivity contribution in [1.82, 2.24) is 14.8 Å². The van der Waals surface area contributed by atoms with Crippen molar-refractivity contribution in [3.63, 3.8) is 0 Å². The van der Waals surface area contributed by atoms with Crippen molar-refractivity contribution in [1.29, 1.82) is 0 Å². The number of anilines is 1.